The van der Waals surface area contributed by atoms with Crippen LogP contribution < -0.4 is 0 Å². The van der Waals surface area contributed by atoms with Crippen LogP contribution in [0, 0.1) is 11.8 Å². The second-order valence-electron chi connectivity index (χ2n) is 3.75. The van der Waals surface area contributed by atoms with E-state index in [0.717, 1.165) is 19.1 Å². The molecule has 0 amide bonds. The molecule has 1 rings (SSSR count). The molecule has 0 fully saturated rings. The van der Waals surface area contributed by atoms with Gasteiger partial charge in [0.2, 0.25) is 0 Å². The quantitative estimate of drug-likeness (QED) is 0.417. The topological polar surface area (TPSA) is 17.1 Å². The van der Waals surface area contributed by atoms with Gasteiger partial charge >= 0.3 is 0 Å². The van der Waals surface area contributed by atoms with Gasteiger partial charge in [-0.3, -0.25) is 0 Å². The molecule has 0 aromatic rings. The lowest BCUT2D eigenvalue weighted by Gasteiger charge is -2.26. The summed E-state index contributed by atoms with van der Waals surface area (Å²) in [5.74, 6) is 0.829. The molecule has 0 aromatic heterocycles. The van der Waals surface area contributed by atoms with Crippen molar-refractivity contribution in [2.75, 3.05) is 0 Å². The number of hydrogen-bond donors (Lipinski definition) is 0. The Morgan fingerprint density at radius 3 is 2.36 bits per heavy atom. The standard InChI is InChI=1S/C10H16O/c1-7-4-9(3)10(6-11)5-8(7)2/h6,9-10H,4-5H2,1-3H3/t9-,10+/m1/s1. The van der Waals surface area contributed by atoms with Crippen LogP contribution in [0.5, 0.6) is 0 Å². The van der Waals surface area contributed by atoms with Gasteiger partial charge in [-0.05, 0) is 32.6 Å². The Bertz CT molecular complexity index is 191. The highest BCUT2D eigenvalue weighted by atomic mass is 16.1. The molecule has 62 valence electrons. The minimum Gasteiger partial charge on any atom is -0.303 e. The van der Waals surface area contributed by atoms with Crippen LogP contribution >= 0.6 is 0 Å². The van der Waals surface area contributed by atoms with Crippen molar-refractivity contribution in [3.05, 3.63) is 11.1 Å². The molecule has 0 unspecified atom stereocenters. The molecule has 0 aliphatic heterocycles. The molecule has 0 aromatic carbocycles. The van der Waals surface area contributed by atoms with Gasteiger partial charge in [0.15, 0.2) is 0 Å². The van der Waals surface area contributed by atoms with Gasteiger partial charge in [0.05, 0.1) is 0 Å². The maximum absolute atomic E-state index is 10.6. The SMILES string of the molecule is CC1=C(C)C[C@@H](C=O)[C@H](C)C1. The van der Waals surface area contributed by atoms with Gasteiger partial charge in [0.1, 0.15) is 6.29 Å². The zero-order valence-corrected chi connectivity index (χ0v) is 7.55. The van der Waals surface area contributed by atoms with Crippen molar-refractivity contribution >= 4 is 6.29 Å². The van der Waals surface area contributed by atoms with Crippen LogP contribution in [0.15, 0.2) is 11.1 Å². The zero-order valence-electron chi connectivity index (χ0n) is 7.55. The van der Waals surface area contributed by atoms with Crippen LogP contribution in [0.3, 0.4) is 0 Å². The number of aldehydes is 1. The van der Waals surface area contributed by atoms with E-state index in [1.54, 1.807) is 0 Å². The predicted molar refractivity (Wildman–Crippen MR) is 46.3 cm³/mol. The van der Waals surface area contributed by atoms with Gasteiger partial charge in [-0.25, -0.2) is 0 Å². The van der Waals surface area contributed by atoms with Crippen molar-refractivity contribution in [1.82, 2.24) is 0 Å². The van der Waals surface area contributed by atoms with Gasteiger partial charge in [0, 0.05) is 5.92 Å². The van der Waals surface area contributed by atoms with Crippen LogP contribution in [0.1, 0.15) is 33.6 Å². The van der Waals surface area contributed by atoms with E-state index in [4.69, 9.17) is 0 Å². The fourth-order valence-corrected chi connectivity index (χ4v) is 1.72. The van der Waals surface area contributed by atoms with Crippen molar-refractivity contribution < 1.29 is 4.79 Å². The van der Waals surface area contributed by atoms with E-state index in [2.05, 4.69) is 20.8 Å². The molecule has 0 bridgehead atoms. The highest BCUT2D eigenvalue weighted by Crippen LogP contribution is 2.32. The zero-order chi connectivity index (χ0) is 8.43. The summed E-state index contributed by atoms with van der Waals surface area (Å²) in [5, 5.41) is 0. The number of hydrogen-bond acceptors (Lipinski definition) is 1. The van der Waals surface area contributed by atoms with E-state index in [1.807, 2.05) is 0 Å². The molecule has 0 saturated heterocycles. The van der Waals surface area contributed by atoms with E-state index < -0.39 is 0 Å². The van der Waals surface area contributed by atoms with E-state index in [0.29, 0.717) is 5.92 Å². The summed E-state index contributed by atoms with van der Waals surface area (Å²) in [6.07, 6.45) is 3.20. The monoisotopic (exact) mass is 152 g/mol. The highest BCUT2D eigenvalue weighted by Gasteiger charge is 2.22. The first-order valence-corrected chi connectivity index (χ1v) is 4.25. The predicted octanol–water partition coefficient (Wildman–Crippen LogP) is 2.57. The maximum atomic E-state index is 10.6. The van der Waals surface area contributed by atoms with Crippen LogP contribution in [0.4, 0.5) is 0 Å². The average Bonchev–Trinajstić information content (AvgIpc) is 1.97. The summed E-state index contributed by atoms with van der Waals surface area (Å²) in [5.41, 5.74) is 2.90. The Labute approximate surface area is 68.5 Å². The Kier molecular flexibility index (Phi) is 2.48. The minimum absolute atomic E-state index is 0.277. The fraction of sp³-hybridized carbons (Fsp3) is 0.700. The molecule has 0 heterocycles. The summed E-state index contributed by atoms with van der Waals surface area (Å²) in [4.78, 5) is 10.6. The molecular formula is C10H16O. The van der Waals surface area contributed by atoms with E-state index in [-0.39, 0.29) is 5.92 Å². The maximum Gasteiger partial charge on any atom is 0.123 e. The first-order valence-electron chi connectivity index (χ1n) is 4.25. The summed E-state index contributed by atoms with van der Waals surface area (Å²) < 4.78 is 0. The van der Waals surface area contributed by atoms with Crippen molar-refractivity contribution in [1.29, 1.82) is 0 Å². The van der Waals surface area contributed by atoms with Gasteiger partial charge in [-0.2, -0.15) is 0 Å². The molecule has 1 nitrogen and oxygen atoms in total. The Balaban J connectivity index is 2.74. The van der Waals surface area contributed by atoms with Gasteiger partial charge in [0.25, 0.3) is 0 Å². The third-order valence-corrected chi connectivity index (χ3v) is 2.80. The Hall–Kier alpha value is -0.590. The van der Waals surface area contributed by atoms with Crippen molar-refractivity contribution in [3.63, 3.8) is 0 Å². The second kappa shape index (κ2) is 3.21. The molecule has 11 heavy (non-hydrogen) atoms. The first kappa shape index (κ1) is 8.51. The minimum atomic E-state index is 0.277. The van der Waals surface area contributed by atoms with Gasteiger partial charge < -0.3 is 4.79 Å². The van der Waals surface area contributed by atoms with Crippen LogP contribution in [-0.2, 0) is 4.79 Å². The number of carbonyl (C=O) groups is 1. The molecule has 1 aliphatic rings. The number of allylic oxidation sites excluding steroid dienone is 2. The Morgan fingerprint density at radius 2 is 1.82 bits per heavy atom. The van der Waals surface area contributed by atoms with Crippen molar-refractivity contribution in [2.24, 2.45) is 11.8 Å². The summed E-state index contributed by atoms with van der Waals surface area (Å²) in [6.45, 7) is 6.47. The third kappa shape index (κ3) is 1.70. The summed E-state index contributed by atoms with van der Waals surface area (Å²) >= 11 is 0. The molecular weight excluding hydrogens is 136 g/mol. The third-order valence-electron chi connectivity index (χ3n) is 2.80. The number of rotatable bonds is 1. The van der Waals surface area contributed by atoms with Crippen LogP contribution in [-0.4, -0.2) is 6.29 Å². The smallest absolute Gasteiger partial charge is 0.123 e. The molecule has 0 spiro atoms. The summed E-state index contributed by atoms with van der Waals surface area (Å²) in [6, 6.07) is 0. The fourth-order valence-electron chi connectivity index (χ4n) is 1.72. The number of carbonyl (C=O) groups excluding carboxylic acids is 1. The molecule has 1 heteroatoms. The van der Waals surface area contributed by atoms with E-state index >= 15 is 0 Å². The normalized spacial score (nSPS) is 32.3. The average molecular weight is 152 g/mol. The van der Waals surface area contributed by atoms with Crippen molar-refractivity contribution in [2.45, 2.75) is 33.6 Å². The molecule has 0 radical (unpaired) electrons. The molecule has 0 saturated carbocycles. The molecule has 1 aliphatic carbocycles. The van der Waals surface area contributed by atoms with Gasteiger partial charge in [-0.1, -0.05) is 18.1 Å². The highest BCUT2D eigenvalue weighted by molar-refractivity contribution is 5.55. The molecule has 2 atom stereocenters. The first-order chi connectivity index (χ1) is 5.15. The largest absolute Gasteiger partial charge is 0.303 e. The van der Waals surface area contributed by atoms with E-state index in [9.17, 15) is 4.79 Å². The van der Waals surface area contributed by atoms with E-state index in [1.165, 1.54) is 11.1 Å². The van der Waals surface area contributed by atoms with Crippen LogP contribution in [0.2, 0.25) is 0 Å². The lowest BCUT2D eigenvalue weighted by molar-refractivity contribution is -0.112. The Morgan fingerprint density at radius 1 is 1.27 bits per heavy atom. The molecule has 0 N–H and O–H groups in total. The van der Waals surface area contributed by atoms with Gasteiger partial charge in [-0.15, -0.1) is 0 Å². The lowest BCUT2D eigenvalue weighted by Crippen LogP contribution is -2.18. The second-order valence-corrected chi connectivity index (χ2v) is 3.75. The lowest BCUT2D eigenvalue weighted by atomic mass is 9.78. The van der Waals surface area contributed by atoms with Crippen LogP contribution in [0.25, 0.3) is 0 Å². The summed E-state index contributed by atoms with van der Waals surface area (Å²) in [7, 11) is 0. The van der Waals surface area contributed by atoms with Crippen molar-refractivity contribution in [3.8, 4) is 0 Å².